The molecule has 0 heterocycles. The quantitative estimate of drug-likeness (QED) is 0.604. The third-order valence-corrected chi connectivity index (χ3v) is 1.05. The van der Waals surface area contributed by atoms with Gasteiger partial charge in [-0.15, -0.1) is 0 Å². The van der Waals surface area contributed by atoms with Crippen LogP contribution < -0.4 is 0 Å². The number of hydrogen-bond donors (Lipinski definition) is 0. The van der Waals surface area contributed by atoms with E-state index in [-0.39, 0.29) is 0 Å². The summed E-state index contributed by atoms with van der Waals surface area (Å²) in [6, 6.07) is 3.92. The Labute approximate surface area is 67.2 Å². The van der Waals surface area contributed by atoms with E-state index in [1.54, 1.807) is 27.7 Å². The fourth-order valence-corrected chi connectivity index (χ4v) is 0.684. The lowest BCUT2D eigenvalue weighted by molar-refractivity contribution is -0.0593. The van der Waals surface area contributed by atoms with Crippen molar-refractivity contribution in [1.82, 2.24) is 0 Å². The molecule has 0 saturated heterocycles. The maximum atomic E-state index is 8.57. The predicted molar refractivity (Wildman–Crippen MR) is 40.5 cm³/mol. The maximum Gasteiger partial charge on any atom is 0.150 e. The lowest BCUT2D eigenvalue weighted by Crippen LogP contribution is -2.34. The van der Waals surface area contributed by atoms with Gasteiger partial charge in [0, 0.05) is 0 Å². The molecule has 11 heavy (non-hydrogen) atoms. The topological polar surface area (TPSA) is 56.8 Å². The normalized spacial score (nSPS) is 11.8. The summed E-state index contributed by atoms with van der Waals surface area (Å²) >= 11 is 0. The standard InChI is InChI=1S/C8H12N2O/c1-7(2,5-9)11-8(3,4)6-10/h1-4H3. The molecule has 0 aromatic rings. The second kappa shape index (κ2) is 2.90. The van der Waals surface area contributed by atoms with Crippen LogP contribution in [-0.4, -0.2) is 11.2 Å². The molecule has 0 unspecified atom stereocenters. The van der Waals surface area contributed by atoms with Crippen LogP contribution in [0.3, 0.4) is 0 Å². The Morgan fingerprint density at radius 2 is 1.18 bits per heavy atom. The molecule has 0 aliphatic heterocycles. The Balaban J connectivity index is 4.31. The Morgan fingerprint density at radius 3 is 1.36 bits per heavy atom. The highest BCUT2D eigenvalue weighted by Gasteiger charge is 2.28. The molecule has 60 valence electrons. The number of nitriles is 2. The highest BCUT2D eigenvalue weighted by atomic mass is 16.5. The molecule has 0 aromatic heterocycles. The molecule has 0 aliphatic carbocycles. The molecule has 0 aromatic carbocycles. The molecule has 3 nitrogen and oxygen atoms in total. The van der Waals surface area contributed by atoms with Crippen molar-refractivity contribution in [2.24, 2.45) is 0 Å². The van der Waals surface area contributed by atoms with Crippen LogP contribution in [0.5, 0.6) is 0 Å². The summed E-state index contributed by atoms with van der Waals surface area (Å²) in [5, 5.41) is 17.1. The number of nitrogens with zero attached hydrogens (tertiary/aromatic N) is 2. The van der Waals surface area contributed by atoms with Gasteiger partial charge in [-0.1, -0.05) is 0 Å². The van der Waals surface area contributed by atoms with Gasteiger partial charge in [0.15, 0.2) is 11.2 Å². The van der Waals surface area contributed by atoms with Crippen molar-refractivity contribution in [3.8, 4) is 12.1 Å². The Bertz CT molecular complexity index is 193. The number of hydrogen-bond acceptors (Lipinski definition) is 3. The van der Waals surface area contributed by atoms with Crippen molar-refractivity contribution in [2.45, 2.75) is 38.9 Å². The van der Waals surface area contributed by atoms with E-state index in [2.05, 4.69) is 0 Å². The summed E-state index contributed by atoms with van der Waals surface area (Å²) in [6.45, 7) is 6.52. The number of rotatable bonds is 2. The van der Waals surface area contributed by atoms with Gasteiger partial charge in [-0.3, -0.25) is 0 Å². The molecule has 0 rings (SSSR count). The van der Waals surface area contributed by atoms with Gasteiger partial charge in [-0.2, -0.15) is 10.5 Å². The van der Waals surface area contributed by atoms with Crippen LogP contribution in [0.15, 0.2) is 0 Å². The van der Waals surface area contributed by atoms with E-state index in [4.69, 9.17) is 15.3 Å². The van der Waals surface area contributed by atoms with Crippen LogP contribution in [0.2, 0.25) is 0 Å². The summed E-state index contributed by atoms with van der Waals surface area (Å²) in [5.74, 6) is 0. The van der Waals surface area contributed by atoms with Crippen LogP contribution >= 0.6 is 0 Å². The summed E-state index contributed by atoms with van der Waals surface area (Å²) < 4.78 is 5.20. The van der Waals surface area contributed by atoms with Gasteiger partial charge in [0.25, 0.3) is 0 Å². The molecule has 0 aliphatic rings. The van der Waals surface area contributed by atoms with Crippen LogP contribution in [-0.2, 0) is 4.74 Å². The third-order valence-electron chi connectivity index (χ3n) is 1.05. The SMILES string of the molecule is CC(C)(C#N)OC(C)(C)C#N. The Hall–Kier alpha value is -1.06. The van der Waals surface area contributed by atoms with E-state index >= 15 is 0 Å². The van der Waals surface area contributed by atoms with E-state index in [0.29, 0.717) is 0 Å². The zero-order chi connectivity index (χ0) is 9.12. The van der Waals surface area contributed by atoms with Crippen molar-refractivity contribution in [2.75, 3.05) is 0 Å². The summed E-state index contributed by atoms with van der Waals surface area (Å²) in [4.78, 5) is 0. The van der Waals surface area contributed by atoms with E-state index in [1.807, 2.05) is 12.1 Å². The van der Waals surface area contributed by atoms with Crippen molar-refractivity contribution >= 4 is 0 Å². The molecule has 0 fully saturated rings. The van der Waals surface area contributed by atoms with Gasteiger partial charge < -0.3 is 4.74 Å². The lowest BCUT2D eigenvalue weighted by atomic mass is 10.1. The second-order valence-corrected chi connectivity index (χ2v) is 3.35. The minimum absolute atomic E-state index is 0.890. The first-order valence-electron chi connectivity index (χ1n) is 3.36. The monoisotopic (exact) mass is 152 g/mol. The average Bonchev–Trinajstić information content (AvgIpc) is 1.86. The lowest BCUT2D eigenvalue weighted by Gasteiger charge is -2.25. The number of ether oxygens (including phenoxy) is 1. The zero-order valence-electron chi connectivity index (χ0n) is 7.30. The van der Waals surface area contributed by atoms with Gasteiger partial charge in [0.05, 0.1) is 12.1 Å². The molecular weight excluding hydrogens is 140 g/mol. The van der Waals surface area contributed by atoms with Gasteiger partial charge in [-0.25, -0.2) is 0 Å². The highest BCUT2D eigenvalue weighted by Crippen LogP contribution is 2.18. The molecule has 0 N–H and O–H groups in total. The van der Waals surface area contributed by atoms with Crippen molar-refractivity contribution in [3.05, 3.63) is 0 Å². The molecule has 0 bridgehead atoms. The first kappa shape index (κ1) is 9.94. The van der Waals surface area contributed by atoms with Crippen LogP contribution in [0.1, 0.15) is 27.7 Å². The molecule has 0 atom stereocenters. The van der Waals surface area contributed by atoms with E-state index < -0.39 is 11.2 Å². The van der Waals surface area contributed by atoms with Gasteiger partial charge >= 0.3 is 0 Å². The average molecular weight is 152 g/mol. The zero-order valence-corrected chi connectivity index (χ0v) is 7.30. The van der Waals surface area contributed by atoms with Gasteiger partial charge in [-0.05, 0) is 27.7 Å². The van der Waals surface area contributed by atoms with Crippen molar-refractivity contribution in [3.63, 3.8) is 0 Å². The first-order chi connectivity index (χ1) is 4.83. The fourth-order valence-electron chi connectivity index (χ4n) is 0.684. The van der Waals surface area contributed by atoms with Crippen LogP contribution in [0, 0.1) is 22.7 Å². The minimum Gasteiger partial charge on any atom is -0.340 e. The summed E-state index contributed by atoms with van der Waals surface area (Å²) in [5.41, 5.74) is -1.78. The van der Waals surface area contributed by atoms with Gasteiger partial charge in [0.2, 0.25) is 0 Å². The third kappa shape index (κ3) is 3.60. The fraction of sp³-hybridized carbons (Fsp3) is 0.750. The molecule has 0 amide bonds. The molecule has 0 saturated carbocycles. The largest absolute Gasteiger partial charge is 0.340 e. The highest BCUT2D eigenvalue weighted by molar-refractivity contribution is 5.02. The smallest absolute Gasteiger partial charge is 0.150 e. The Morgan fingerprint density at radius 1 is 0.909 bits per heavy atom. The van der Waals surface area contributed by atoms with Crippen molar-refractivity contribution < 1.29 is 4.74 Å². The van der Waals surface area contributed by atoms with Gasteiger partial charge in [0.1, 0.15) is 0 Å². The molecular formula is C8H12N2O. The molecule has 3 heteroatoms. The van der Waals surface area contributed by atoms with Crippen LogP contribution in [0.25, 0.3) is 0 Å². The molecule has 0 spiro atoms. The van der Waals surface area contributed by atoms with E-state index in [1.165, 1.54) is 0 Å². The summed E-state index contributed by atoms with van der Waals surface area (Å²) in [6.07, 6.45) is 0. The summed E-state index contributed by atoms with van der Waals surface area (Å²) in [7, 11) is 0. The predicted octanol–water partition coefficient (Wildman–Crippen LogP) is 1.61. The van der Waals surface area contributed by atoms with E-state index in [9.17, 15) is 0 Å². The molecule has 0 radical (unpaired) electrons. The second-order valence-electron chi connectivity index (χ2n) is 3.35. The van der Waals surface area contributed by atoms with E-state index in [0.717, 1.165) is 0 Å². The minimum atomic E-state index is -0.890. The first-order valence-corrected chi connectivity index (χ1v) is 3.36. The maximum absolute atomic E-state index is 8.57. The van der Waals surface area contributed by atoms with Crippen LogP contribution in [0.4, 0.5) is 0 Å². The Kier molecular flexibility index (Phi) is 2.62. The van der Waals surface area contributed by atoms with Crippen molar-refractivity contribution in [1.29, 1.82) is 10.5 Å².